The van der Waals surface area contributed by atoms with Crippen molar-refractivity contribution in [1.82, 2.24) is 4.57 Å². The average molecular weight is 530 g/mol. The average Bonchev–Trinajstić information content (AvgIpc) is 2.97. The molecule has 1 heterocycles. The minimum absolute atomic E-state index is 0.146. The highest BCUT2D eigenvalue weighted by Crippen LogP contribution is 2.22. The van der Waals surface area contributed by atoms with Crippen LogP contribution in [0.1, 0.15) is 10.4 Å². The van der Waals surface area contributed by atoms with Gasteiger partial charge in [0.1, 0.15) is 6.54 Å². The van der Waals surface area contributed by atoms with E-state index in [9.17, 15) is 18.0 Å². The van der Waals surface area contributed by atoms with Crippen molar-refractivity contribution < 1.29 is 22.7 Å². The van der Waals surface area contributed by atoms with Crippen LogP contribution in [0.4, 0.5) is 0 Å². The molecule has 1 amide bonds. The van der Waals surface area contributed by atoms with E-state index < -0.39 is 21.7 Å². The Morgan fingerprint density at radius 1 is 1.21 bits per heavy atom. The Hall–Kier alpha value is -2.05. The molecule has 28 heavy (non-hydrogen) atoms. The number of ether oxygens (including phenoxy) is 1. The first-order valence-corrected chi connectivity index (χ1v) is 11.7. The zero-order valence-electron chi connectivity index (χ0n) is 14.9. The Kier molecular flexibility index (Phi) is 6.01. The van der Waals surface area contributed by atoms with Gasteiger partial charge in [-0.15, -0.1) is 0 Å². The highest BCUT2D eigenvalue weighted by Gasteiger charge is 2.16. The van der Waals surface area contributed by atoms with Gasteiger partial charge < -0.3 is 9.30 Å². The number of benzene rings is 2. The number of esters is 1. The molecule has 3 aromatic rings. The number of carbonyl (C=O) groups is 2. The lowest BCUT2D eigenvalue weighted by atomic mass is 10.2. The van der Waals surface area contributed by atoms with Crippen LogP contribution < -0.4 is 4.80 Å². The minimum atomic E-state index is -3.39. The molecule has 0 saturated carbocycles. The van der Waals surface area contributed by atoms with Crippen molar-refractivity contribution in [1.29, 1.82) is 0 Å². The lowest BCUT2D eigenvalue weighted by Crippen LogP contribution is -2.22. The molecule has 0 N–H and O–H groups in total. The quantitative estimate of drug-likeness (QED) is 0.382. The molecule has 0 aliphatic rings. The summed E-state index contributed by atoms with van der Waals surface area (Å²) in [5.41, 5.74) is 1.04. The van der Waals surface area contributed by atoms with Gasteiger partial charge in [-0.2, -0.15) is 4.99 Å². The number of amides is 1. The zero-order valence-corrected chi connectivity index (χ0v) is 18.7. The summed E-state index contributed by atoms with van der Waals surface area (Å²) in [6.45, 7) is -0.146. The molecule has 146 valence electrons. The van der Waals surface area contributed by atoms with Gasteiger partial charge in [-0.1, -0.05) is 23.5 Å². The monoisotopic (exact) mass is 530 g/mol. The molecule has 0 saturated heterocycles. The lowest BCUT2D eigenvalue weighted by Gasteiger charge is -2.04. The van der Waals surface area contributed by atoms with E-state index in [1.165, 1.54) is 19.2 Å². The molecule has 0 radical (unpaired) electrons. The van der Waals surface area contributed by atoms with E-state index >= 15 is 0 Å². The van der Waals surface area contributed by atoms with Crippen molar-refractivity contribution in [3.05, 3.63) is 56.4 Å². The van der Waals surface area contributed by atoms with Crippen molar-refractivity contribution in [2.24, 2.45) is 4.99 Å². The van der Waals surface area contributed by atoms with Gasteiger partial charge in [0.2, 0.25) is 0 Å². The van der Waals surface area contributed by atoms with Crippen LogP contribution in [0.5, 0.6) is 0 Å². The maximum atomic E-state index is 12.7. The van der Waals surface area contributed by atoms with Crippen LogP contribution in [0.2, 0.25) is 0 Å². The fraction of sp³-hybridized carbons (Fsp3) is 0.167. The molecule has 10 heteroatoms. The molecule has 3 rings (SSSR count). The van der Waals surface area contributed by atoms with Gasteiger partial charge in [0.05, 0.1) is 27.8 Å². The van der Waals surface area contributed by atoms with Gasteiger partial charge in [-0.05, 0) is 52.9 Å². The summed E-state index contributed by atoms with van der Waals surface area (Å²) in [5, 5.41) is 0. The maximum absolute atomic E-state index is 12.7. The van der Waals surface area contributed by atoms with Crippen LogP contribution in [-0.2, 0) is 25.9 Å². The number of hydrogen-bond donors (Lipinski definition) is 0. The molecule has 0 aliphatic carbocycles. The summed E-state index contributed by atoms with van der Waals surface area (Å²) in [6.07, 6.45) is 1.12. The first kappa shape index (κ1) is 20.7. The van der Waals surface area contributed by atoms with Crippen molar-refractivity contribution in [2.75, 3.05) is 13.4 Å². The zero-order chi connectivity index (χ0) is 20.5. The van der Waals surface area contributed by atoms with Gasteiger partial charge >= 0.3 is 5.97 Å². The number of sulfone groups is 1. The van der Waals surface area contributed by atoms with E-state index in [1.807, 2.05) is 6.07 Å². The third-order valence-corrected chi connectivity index (χ3v) is 6.99. The molecule has 0 spiro atoms. The SMILES string of the molecule is COC(=O)Cn1c(=NC(=O)c2ccccc2I)sc2cc(S(C)(=O)=O)ccc21. The number of carbonyl (C=O) groups excluding carboxylic acids is 2. The maximum Gasteiger partial charge on any atom is 0.325 e. The summed E-state index contributed by atoms with van der Waals surface area (Å²) in [5.74, 6) is -0.950. The molecule has 0 aliphatic heterocycles. The van der Waals surface area contributed by atoms with E-state index in [2.05, 4.69) is 27.6 Å². The Balaban J connectivity index is 2.22. The second-order valence-corrected chi connectivity index (χ2v) is 10.0. The fourth-order valence-electron chi connectivity index (χ4n) is 2.50. The van der Waals surface area contributed by atoms with Crippen LogP contribution in [0.25, 0.3) is 10.2 Å². The second kappa shape index (κ2) is 8.13. The van der Waals surface area contributed by atoms with Gasteiger partial charge in [-0.25, -0.2) is 8.42 Å². The third kappa shape index (κ3) is 4.33. The van der Waals surface area contributed by atoms with Crippen molar-refractivity contribution in [3.8, 4) is 0 Å². The summed E-state index contributed by atoms with van der Waals surface area (Å²) in [4.78, 5) is 29.1. The van der Waals surface area contributed by atoms with Crippen LogP contribution in [0.15, 0.2) is 52.4 Å². The van der Waals surface area contributed by atoms with Gasteiger partial charge in [-0.3, -0.25) is 9.59 Å². The molecular formula is C18H15IN2O5S2. The Labute approximate surface area is 178 Å². The summed E-state index contributed by atoms with van der Waals surface area (Å²) < 4.78 is 31.3. The Bertz CT molecular complexity index is 1260. The lowest BCUT2D eigenvalue weighted by molar-refractivity contribution is -0.141. The molecule has 0 fully saturated rings. The molecule has 7 nitrogen and oxygen atoms in total. The minimum Gasteiger partial charge on any atom is -0.468 e. The normalized spacial score (nSPS) is 12.3. The Morgan fingerprint density at radius 3 is 2.57 bits per heavy atom. The van der Waals surface area contributed by atoms with E-state index in [1.54, 1.807) is 28.8 Å². The smallest absolute Gasteiger partial charge is 0.325 e. The largest absolute Gasteiger partial charge is 0.468 e. The highest BCUT2D eigenvalue weighted by atomic mass is 127. The number of fused-ring (bicyclic) bond motifs is 1. The van der Waals surface area contributed by atoms with Crippen LogP contribution in [0.3, 0.4) is 0 Å². The summed E-state index contributed by atoms with van der Waals surface area (Å²) >= 11 is 3.19. The Morgan fingerprint density at radius 2 is 1.93 bits per heavy atom. The molecule has 1 aromatic heterocycles. The van der Waals surface area contributed by atoms with E-state index in [0.717, 1.165) is 21.2 Å². The summed E-state index contributed by atoms with van der Waals surface area (Å²) in [7, 11) is -2.12. The summed E-state index contributed by atoms with van der Waals surface area (Å²) in [6, 6.07) is 11.6. The second-order valence-electron chi connectivity index (χ2n) is 5.85. The number of hydrogen-bond acceptors (Lipinski definition) is 6. The fourth-order valence-corrected chi connectivity index (χ4v) is 4.90. The topological polar surface area (TPSA) is 94.8 Å². The number of methoxy groups -OCH3 is 1. The third-order valence-electron chi connectivity index (χ3n) is 3.90. The van der Waals surface area contributed by atoms with E-state index in [0.29, 0.717) is 15.8 Å². The highest BCUT2D eigenvalue weighted by molar-refractivity contribution is 14.1. The molecule has 0 atom stereocenters. The first-order valence-electron chi connectivity index (χ1n) is 7.94. The van der Waals surface area contributed by atoms with Gasteiger partial charge in [0.25, 0.3) is 5.91 Å². The van der Waals surface area contributed by atoms with Crippen molar-refractivity contribution in [2.45, 2.75) is 11.4 Å². The van der Waals surface area contributed by atoms with Gasteiger partial charge in [0, 0.05) is 9.83 Å². The number of halogens is 1. The predicted molar refractivity (Wildman–Crippen MR) is 114 cm³/mol. The van der Waals surface area contributed by atoms with E-state index in [4.69, 9.17) is 4.74 Å². The predicted octanol–water partition coefficient (Wildman–Crippen LogP) is 2.63. The molecule has 0 bridgehead atoms. The van der Waals surface area contributed by atoms with Gasteiger partial charge in [0.15, 0.2) is 14.6 Å². The van der Waals surface area contributed by atoms with E-state index in [-0.39, 0.29) is 16.2 Å². The number of thiazole rings is 1. The van der Waals surface area contributed by atoms with Crippen LogP contribution in [0, 0.1) is 3.57 Å². The standard InChI is InChI=1S/C18H15IN2O5S2/c1-26-16(22)10-21-14-8-7-11(28(2,24)25)9-15(14)27-18(21)20-17(23)12-5-3-4-6-13(12)19/h3-9H,10H2,1-2H3. The molecule has 2 aromatic carbocycles. The van der Waals surface area contributed by atoms with Crippen LogP contribution >= 0.6 is 33.9 Å². The van der Waals surface area contributed by atoms with Crippen molar-refractivity contribution in [3.63, 3.8) is 0 Å². The van der Waals surface area contributed by atoms with Crippen molar-refractivity contribution >= 4 is 65.9 Å². The van der Waals surface area contributed by atoms with Crippen LogP contribution in [-0.4, -0.2) is 38.2 Å². The number of nitrogens with zero attached hydrogens (tertiary/aromatic N) is 2. The number of aromatic nitrogens is 1. The molecular weight excluding hydrogens is 515 g/mol. The first-order chi connectivity index (χ1) is 13.2. The molecule has 0 unspecified atom stereocenters. The number of rotatable bonds is 4.